The van der Waals surface area contributed by atoms with E-state index in [4.69, 9.17) is 4.74 Å². The summed E-state index contributed by atoms with van der Waals surface area (Å²) in [5.74, 6) is 0.541. The third-order valence-electron chi connectivity index (χ3n) is 1.41. The van der Waals surface area contributed by atoms with Gasteiger partial charge in [0.05, 0.1) is 12.2 Å². The minimum atomic E-state index is -0.374. The van der Waals surface area contributed by atoms with E-state index in [-0.39, 0.29) is 5.97 Å². The Hall–Kier alpha value is -1.10. The molecule has 0 radical (unpaired) electrons. The molecule has 1 rings (SSSR count). The predicted molar refractivity (Wildman–Crippen MR) is 54.4 cm³/mol. The summed E-state index contributed by atoms with van der Waals surface area (Å²) in [5, 5.41) is 0.681. The molecular weight excluding hydrogens is 200 g/mol. The molecule has 0 aliphatic carbocycles. The van der Waals surface area contributed by atoms with Gasteiger partial charge >= 0.3 is 5.97 Å². The lowest BCUT2D eigenvalue weighted by atomic mass is 10.3. The number of hydrogen-bond donors (Lipinski definition) is 0. The van der Waals surface area contributed by atoms with Gasteiger partial charge in [-0.25, -0.2) is 14.8 Å². The number of nitrogens with zero attached hydrogens (tertiary/aromatic N) is 2. The Kier molecular flexibility index (Phi) is 4.39. The Morgan fingerprint density at radius 1 is 1.43 bits per heavy atom. The van der Waals surface area contributed by atoms with Gasteiger partial charge < -0.3 is 4.74 Å². The van der Waals surface area contributed by atoms with Gasteiger partial charge in [0.1, 0.15) is 0 Å². The van der Waals surface area contributed by atoms with Gasteiger partial charge in [0.2, 0.25) is 0 Å². The molecule has 0 amide bonds. The summed E-state index contributed by atoms with van der Waals surface area (Å²) in [7, 11) is 0. The average molecular weight is 212 g/mol. The van der Waals surface area contributed by atoms with Gasteiger partial charge in [-0.05, 0) is 12.7 Å². The van der Waals surface area contributed by atoms with Crippen LogP contribution in [-0.2, 0) is 4.74 Å². The number of ether oxygens (including phenoxy) is 1. The first-order chi connectivity index (χ1) is 6.77. The molecule has 0 unspecified atom stereocenters. The number of carbonyl (C=O) groups excluding carboxylic acids is 1. The van der Waals surface area contributed by atoms with Gasteiger partial charge in [-0.2, -0.15) is 0 Å². The Balaban J connectivity index is 2.67. The van der Waals surface area contributed by atoms with E-state index in [9.17, 15) is 4.79 Å². The molecular formula is C9H12N2O2S. The van der Waals surface area contributed by atoms with Gasteiger partial charge in [-0.15, -0.1) is 0 Å². The van der Waals surface area contributed by atoms with Crippen LogP contribution in [0.3, 0.4) is 0 Å². The highest BCUT2D eigenvalue weighted by Crippen LogP contribution is 2.11. The van der Waals surface area contributed by atoms with E-state index in [2.05, 4.69) is 9.97 Å². The van der Waals surface area contributed by atoms with Crippen LogP contribution < -0.4 is 0 Å². The zero-order valence-corrected chi connectivity index (χ0v) is 9.00. The van der Waals surface area contributed by atoms with Crippen molar-refractivity contribution < 1.29 is 9.53 Å². The van der Waals surface area contributed by atoms with Crippen molar-refractivity contribution >= 4 is 17.7 Å². The molecule has 0 aromatic carbocycles. The van der Waals surface area contributed by atoms with Crippen LogP contribution in [0.5, 0.6) is 0 Å². The third kappa shape index (κ3) is 2.99. The van der Waals surface area contributed by atoms with Crippen LogP contribution in [0.15, 0.2) is 17.6 Å². The lowest BCUT2D eigenvalue weighted by Gasteiger charge is -2.01. The highest BCUT2D eigenvalue weighted by Gasteiger charge is 2.07. The number of hydrogen-bond acceptors (Lipinski definition) is 5. The molecule has 0 aliphatic heterocycles. The highest BCUT2D eigenvalue weighted by atomic mass is 32.2. The molecule has 5 heteroatoms. The molecule has 76 valence electrons. The van der Waals surface area contributed by atoms with Crippen LogP contribution in [0.1, 0.15) is 24.2 Å². The summed E-state index contributed by atoms with van der Waals surface area (Å²) in [4.78, 5) is 19.3. The van der Waals surface area contributed by atoms with Crippen molar-refractivity contribution in [2.24, 2.45) is 0 Å². The van der Waals surface area contributed by atoms with Crippen molar-refractivity contribution in [3.8, 4) is 0 Å². The van der Waals surface area contributed by atoms with Crippen molar-refractivity contribution in [2.45, 2.75) is 19.0 Å². The molecule has 0 saturated carbocycles. The maximum Gasteiger partial charge on any atom is 0.341 e. The largest absolute Gasteiger partial charge is 0.462 e. The Morgan fingerprint density at radius 2 is 2.07 bits per heavy atom. The standard InChI is InChI=1S/C9H12N2O2S/c1-3-13-8(12)7-5-10-9(11-6-7)14-4-2/h5-6H,3-4H2,1-2H3. The zero-order valence-electron chi connectivity index (χ0n) is 8.19. The van der Waals surface area contributed by atoms with Gasteiger partial charge in [0, 0.05) is 12.4 Å². The van der Waals surface area contributed by atoms with Gasteiger partial charge in [0.15, 0.2) is 5.16 Å². The van der Waals surface area contributed by atoms with Gasteiger partial charge in [-0.3, -0.25) is 0 Å². The van der Waals surface area contributed by atoms with E-state index in [0.29, 0.717) is 17.3 Å². The predicted octanol–water partition coefficient (Wildman–Crippen LogP) is 1.77. The molecule has 0 aliphatic rings. The maximum atomic E-state index is 11.2. The Bertz CT molecular complexity index is 300. The fraction of sp³-hybridized carbons (Fsp3) is 0.444. The number of carbonyl (C=O) groups is 1. The number of rotatable bonds is 4. The van der Waals surface area contributed by atoms with Crippen LogP contribution in [-0.4, -0.2) is 28.3 Å². The second-order valence-electron chi connectivity index (χ2n) is 2.41. The van der Waals surface area contributed by atoms with Gasteiger partial charge in [-0.1, -0.05) is 18.7 Å². The van der Waals surface area contributed by atoms with Crippen LogP contribution in [0.2, 0.25) is 0 Å². The molecule has 0 fully saturated rings. The first-order valence-electron chi connectivity index (χ1n) is 4.39. The van der Waals surface area contributed by atoms with E-state index in [1.54, 1.807) is 6.92 Å². The van der Waals surface area contributed by atoms with Crippen LogP contribution in [0, 0.1) is 0 Å². The van der Waals surface area contributed by atoms with Crippen molar-refractivity contribution in [2.75, 3.05) is 12.4 Å². The lowest BCUT2D eigenvalue weighted by Crippen LogP contribution is -2.05. The third-order valence-corrected chi connectivity index (χ3v) is 2.17. The summed E-state index contributed by atoms with van der Waals surface area (Å²) in [6, 6.07) is 0. The maximum absolute atomic E-state index is 11.2. The van der Waals surface area contributed by atoms with Crippen molar-refractivity contribution in [1.29, 1.82) is 0 Å². The van der Waals surface area contributed by atoms with Crippen LogP contribution in [0.25, 0.3) is 0 Å². The molecule has 4 nitrogen and oxygen atoms in total. The Morgan fingerprint density at radius 3 is 2.57 bits per heavy atom. The topological polar surface area (TPSA) is 52.1 Å². The zero-order chi connectivity index (χ0) is 10.4. The minimum absolute atomic E-state index is 0.365. The van der Waals surface area contributed by atoms with E-state index in [1.165, 1.54) is 24.2 Å². The second kappa shape index (κ2) is 5.59. The fourth-order valence-corrected chi connectivity index (χ4v) is 1.35. The monoisotopic (exact) mass is 212 g/mol. The minimum Gasteiger partial charge on any atom is -0.462 e. The molecule has 0 bridgehead atoms. The molecule has 14 heavy (non-hydrogen) atoms. The second-order valence-corrected chi connectivity index (χ2v) is 3.64. The fourth-order valence-electron chi connectivity index (χ4n) is 0.840. The first kappa shape index (κ1) is 11.0. The van der Waals surface area contributed by atoms with Crippen LogP contribution >= 0.6 is 11.8 Å². The van der Waals surface area contributed by atoms with E-state index in [0.717, 1.165) is 5.75 Å². The number of esters is 1. The SMILES string of the molecule is CCOC(=O)c1cnc(SCC)nc1. The smallest absolute Gasteiger partial charge is 0.341 e. The van der Waals surface area contributed by atoms with Gasteiger partial charge in [0.25, 0.3) is 0 Å². The van der Waals surface area contributed by atoms with E-state index < -0.39 is 0 Å². The van der Waals surface area contributed by atoms with Crippen molar-refractivity contribution in [1.82, 2.24) is 9.97 Å². The van der Waals surface area contributed by atoms with Crippen molar-refractivity contribution in [3.05, 3.63) is 18.0 Å². The summed E-state index contributed by atoms with van der Waals surface area (Å²) >= 11 is 1.53. The van der Waals surface area contributed by atoms with E-state index in [1.807, 2.05) is 6.92 Å². The van der Waals surface area contributed by atoms with Crippen LogP contribution in [0.4, 0.5) is 0 Å². The van der Waals surface area contributed by atoms with Crippen molar-refractivity contribution in [3.63, 3.8) is 0 Å². The molecule has 0 saturated heterocycles. The normalized spacial score (nSPS) is 9.86. The summed E-state index contributed by atoms with van der Waals surface area (Å²) < 4.78 is 4.80. The number of thioether (sulfide) groups is 1. The summed E-state index contributed by atoms with van der Waals surface area (Å²) in [6.45, 7) is 4.15. The quantitative estimate of drug-likeness (QED) is 0.432. The Labute approximate surface area is 87.1 Å². The average Bonchev–Trinajstić information content (AvgIpc) is 2.20. The summed E-state index contributed by atoms with van der Waals surface area (Å²) in [6.07, 6.45) is 2.98. The highest BCUT2D eigenvalue weighted by molar-refractivity contribution is 7.99. The molecule has 0 N–H and O–H groups in total. The first-order valence-corrected chi connectivity index (χ1v) is 5.38. The van der Waals surface area contributed by atoms with E-state index >= 15 is 0 Å². The lowest BCUT2D eigenvalue weighted by molar-refractivity contribution is 0.0525. The molecule has 1 heterocycles. The molecule has 1 aromatic heterocycles. The summed E-state index contributed by atoms with van der Waals surface area (Å²) in [5.41, 5.74) is 0.396. The number of aromatic nitrogens is 2. The molecule has 1 aromatic rings. The molecule has 0 atom stereocenters. The molecule has 0 spiro atoms.